The largest absolute Gasteiger partial charge is 0.508 e. The summed E-state index contributed by atoms with van der Waals surface area (Å²) in [5.74, 6) is -0.948. The first-order valence-corrected chi connectivity index (χ1v) is 4.73. The number of ether oxygens (including phenoxy) is 1. The lowest BCUT2D eigenvalue weighted by atomic mass is 10.1. The highest BCUT2D eigenvalue weighted by Crippen LogP contribution is 2.19. The summed E-state index contributed by atoms with van der Waals surface area (Å²) < 4.78 is 5.19. The van der Waals surface area contributed by atoms with Gasteiger partial charge < -0.3 is 14.9 Å². The molecule has 0 aliphatic rings. The van der Waals surface area contributed by atoms with Gasteiger partial charge in [0.1, 0.15) is 5.75 Å². The van der Waals surface area contributed by atoms with E-state index in [1.165, 1.54) is 6.07 Å². The van der Waals surface area contributed by atoms with Crippen LogP contribution in [0.15, 0.2) is 18.2 Å². The normalized spacial score (nSPS) is 10.2. The summed E-state index contributed by atoms with van der Waals surface area (Å²) in [6.07, 6.45) is -0.175. The number of carbonyl (C=O) groups is 1. The van der Waals surface area contributed by atoms with Crippen molar-refractivity contribution in [1.29, 1.82) is 0 Å². The highest BCUT2D eigenvalue weighted by Gasteiger charge is 2.07. The van der Waals surface area contributed by atoms with E-state index in [1.54, 1.807) is 12.1 Å². The van der Waals surface area contributed by atoms with Gasteiger partial charge in [-0.05, 0) is 24.6 Å². The van der Waals surface area contributed by atoms with E-state index in [4.69, 9.17) is 9.84 Å². The highest BCUT2D eigenvalue weighted by molar-refractivity contribution is 5.71. The van der Waals surface area contributed by atoms with Crippen LogP contribution >= 0.6 is 0 Å². The van der Waals surface area contributed by atoms with Gasteiger partial charge in [-0.3, -0.25) is 4.79 Å². The Labute approximate surface area is 88.1 Å². The number of carboxylic acids is 1. The monoisotopic (exact) mass is 210 g/mol. The third-order valence-corrected chi connectivity index (χ3v) is 1.96. The van der Waals surface area contributed by atoms with Crippen LogP contribution < -0.4 is 0 Å². The van der Waals surface area contributed by atoms with Gasteiger partial charge in [0.15, 0.2) is 0 Å². The first kappa shape index (κ1) is 11.5. The molecule has 0 atom stereocenters. The van der Waals surface area contributed by atoms with Crippen LogP contribution in [0.25, 0.3) is 0 Å². The van der Waals surface area contributed by atoms with Gasteiger partial charge in [0.05, 0.1) is 13.0 Å². The van der Waals surface area contributed by atoms with E-state index < -0.39 is 5.97 Å². The third kappa shape index (κ3) is 3.59. The maximum atomic E-state index is 10.5. The summed E-state index contributed by atoms with van der Waals surface area (Å²) in [6, 6.07) is 4.86. The minimum atomic E-state index is -0.959. The topological polar surface area (TPSA) is 66.8 Å². The molecule has 0 aromatic heterocycles. The Hall–Kier alpha value is -1.55. The van der Waals surface area contributed by atoms with Crippen molar-refractivity contribution in [2.45, 2.75) is 20.0 Å². The third-order valence-electron chi connectivity index (χ3n) is 1.96. The predicted molar refractivity (Wildman–Crippen MR) is 54.8 cm³/mol. The molecule has 0 saturated heterocycles. The standard InChI is InChI=1S/C11H14O4/c1-2-15-7-8-3-4-10(12)9(5-8)6-11(13)14/h3-5,12H,2,6-7H2,1H3,(H,13,14). The Morgan fingerprint density at radius 2 is 2.20 bits per heavy atom. The molecule has 82 valence electrons. The van der Waals surface area contributed by atoms with Crippen molar-refractivity contribution < 1.29 is 19.7 Å². The molecule has 0 spiro atoms. The molecule has 15 heavy (non-hydrogen) atoms. The van der Waals surface area contributed by atoms with Crippen LogP contribution in [0.1, 0.15) is 18.1 Å². The number of hydrogen-bond donors (Lipinski definition) is 2. The summed E-state index contributed by atoms with van der Waals surface area (Å²) in [6.45, 7) is 2.93. The first-order chi connectivity index (χ1) is 7.13. The number of aliphatic carboxylic acids is 1. The molecular formula is C11H14O4. The second-order valence-corrected chi connectivity index (χ2v) is 3.17. The average molecular weight is 210 g/mol. The second-order valence-electron chi connectivity index (χ2n) is 3.17. The predicted octanol–water partition coefficient (Wildman–Crippen LogP) is 1.56. The zero-order valence-corrected chi connectivity index (χ0v) is 8.56. The maximum absolute atomic E-state index is 10.5. The Bertz CT molecular complexity index is 346. The number of carboxylic acid groups (broad SMARTS) is 1. The first-order valence-electron chi connectivity index (χ1n) is 4.73. The maximum Gasteiger partial charge on any atom is 0.307 e. The minimum absolute atomic E-state index is 0.0117. The molecule has 0 aliphatic heterocycles. The van der Waals surface area contributed by atoms with E-state index in [0.717, 1.165) is 5.56 Å². The quantitative estimate of drug-likeness (QED) is 0.773. The van der Waals surface area contributed by atoms with Crippen molar-refractivity contribution in [3.05, 3.63) is 29.3 Å². The second kappa shape index (κ2) is 5.36. The van der Waals surface area contributed by atoms with Gasteiger partial charge >= 0.3 is 5.97 Å². The van der Waals surface area contributed by atoms with Crippen molar-refractivity contribution in [3.8, 4) is 5.75 Å². The van der Waals surface area contributed by atoms with Crippen LogP contribution in [0.4, 0.5) is 0 Å². The van der Waals surface area contributed by atoms with Crippen molar-refractivity contribution in [3.63, 3.8) is 0 Å². The Balaban J connectivity index is 2.80. The van der Waals surface area contributed by atoms with Gasteiger partial charge in [-0.15, -0.1) is 0 Å². The van der Waals surface area contributed by atoms with Crippen LogP contribution in [0, 0.1) is 0 Å². The highest BCUT2D eigenvalue weighted by atomic mass is 16.5. The molecule has 4 nitrogen and oxygen atoms in total. The van der Waals surface area contributed by atoms with E-state index >= 15 is 0 Å². The molecular weight excluding hydrogens is 196 g/mol. The number of hydrogen-bond acceptors (Lipinski definition) is 3. The van der Waals surface area contributed by atoms with E-state index in [1.807, 2.05) is 6.92 Å². The van der Waals surface area contributed by atoms with E-state index in [0.29, 0.717) is 18.8 Å². The molecule has 0 heterocycles. The van der Waals surface area contributed by atoms with Crippen LogP contribution in [-0.4, -0.2) is 22.8 Å². The van der Waals surface area contributed by atoms with E-state index in [9.17, 15) is 9.90 Å². The lowest BCUT2D eigenvalue weighted by molar-refractivity contribution is -0.136. The van der Waals surface area contributed by atoms with E-state index in [-0.39, 0.29) is 12.2 Å². The Morgan fingerprint density at radius 1 is 1.47 bits per heavy atom. The molecule has 1 aromatic carbocycles. The van der Waals surface area contributed by atoms with Crippen molar-refractivity contribution in [2.24, 2.45) is 0 Å². The lowest BCUT2D eigenvalue weighted by Gasteiger charge is -2.06. The van der Waals surface area contributed by atoms with Gasteiger partial charge in [-0.2, -0.15) is 0 Å². The smallest absolute Gasteiger partial charge is 0.307 e. The summed E-state index contributed by atoms with van der Waals surface area (Å²) in [5.41, 5.74) is 1.28. The number of aromatic hydroxyl groups is 1. The van der Waals surface area contributed by atoms with E-state index in [2.05, 4.69) is 0 Å². The zero-order chi connectivity index (χ0) is 11.3. The summed E-state index contributed by atoms with van der Waals surface area (Å²) >= 11 is 0. The fraction of sp³-hybridized carbons (Fsp3) is 0.364. The minimum Gasteiger partial charge on any atom is -0.508 e. The SMILES string of the molecule is CCOCc1ccc(O)c(CC(=O)O)c1. The molecule has 0 bridgehead atoms. The lowest BCUT2D eigenvalue weighted by Crippen LogP contribution is -2.01. The summed E-state index contributed by atoms with van der Waals surface area (Å²) in [5, 5.41) is 18.0. The summed E-state index contributed by atoms with van der Waals surface area (Å²) in [4.78, 5) is 10.5. The molecule has 0 unspecified atom stereocenters. The van der Waals surface area contributed by atoms with Crippen LogP contribution in [0.3, 0.4) is 0 Å². The van der Waals surface area contributed by atoms with Crippen LogP contribution in [0.2, 0.25) is 0 Å². The number of phenols is 1. The average Bonchev–Trinajstić information content (AvgIpc) is 2.18. The van der Waals surface area contributed by atoms with Gasteiger partial charge in [0, 0.05) is 12.2 Å². The zero-order valence-electron chi connectivity index (χ0n) is 8.56. The fourth-order valence-electron chi connectivity index (χ4n) is 1.25. The van der Waals surface area contributed by atoms with Gasteiger partial charge in [-0.1, -0.05) is 6.07 Å². The molecule has 2 N–H and O–H groups in total. The Kier molecular flexibility index (Phi) is 4.12. The molecule has 4 heteroatoms. The van der Waals surface area contributed by atoms with Gasteiger partial charge in [-0.25, -0.2) is 0 Å². The van der Waals surface area contributed by atoms with Crippen molar-refractivity contribution >= 4 is 5.97 Å². The van der Waals surface area contributed by atoms with Crippen molar-refractivity contribution in [2.75, 3.05) is 6.61 Å². The number of rotatable bonds is 5. The Morgan fingerprint density at radius 3 is 2.80 bits per heavy atom. The molecule has 1 rings (SSSR count). The van der Waals surface area contributed by atoms with Crippen LogP contribution in [-0.2, 0) is 22.6 Å². The molecule has 0 amide bonds. The van der Waals surface area contributed by atoms with Crippen molar-refractivity contribution in [1.82, 2.24) is 0 Å². The van der Waals surface area contributed by atoms with Gasteiger partial charge in [0.25, 0.3) is 0 Å². The fourth-order valence-corrected chi connectivity index (χ4v) is 1.25. The molecule has 0 saturated carbocycles. The molecule has 1 aromatic rings. The van der Waals surface area contributed by atoms with Gasteiger partial charge in [0.2, 0.25) is 0 Å². The molecule has 0 aliphatic carbocycles. The molecule has 0 fully saturated rings. The molecule has 0 radical (unpaired) electrons. The number of benzene rings is 1. The van der Waals surface area contributed by atoms with Crippen LogP contribution in [0.5, 0.6) is 5.75 Å². The number of phenolic OH excluding ortho intramolecular Hbond substituents is 1. The summed E-state index contributed by atoms with van der Waals surface area (Å²) in [7, 11) is 0.